The number of carbonyl (C=O) groups is 2. The standard InChI is InChI=1S/C39H46N2O7/c1-2-3-4-5-9-25-47-34-22-16-32(17-23-34)39(45)48-35-20-12-29(13-21-35)27-36(38(43)44)41-37(42)31-14-18-33(19-15-31)40-24-26-46-28-30-10-7-6-8-11-30/h6-8,10-23,36,39-40,45H,2-5,9,24-28H2,1H3,(H,41,42)(H,43,44). The van der Waals surface area contributed by atoms with Crippen molar-refractivity contribution in [1.29, 1.82) is 0 Å². The van der Waals surface area contributed by atoms with Crippen molar-refractivity contribution in [2.24, 2.45) is 0 Å². The topological polar surface area (TPSA) is 126 Å². The quantitative estimate of drug-likeness (QED) is 0.0551. The number of carbonyl (C=O) groups excluding carboxylic acids is 1. The molecular formula is C39H46N2O7. The predicted octanol–water partition coefficient (Wildman–Crippen LogP) is 7.16. The maximum Gasteiger partial charge on any atom is 0.326 e. The molecule has 4 aromatic rings. The number of benzene rings is 4. The highest BCUT2D eigenvalue weighted by Gasteiger charge is 2.21. The smallest absolute Gasteiger partial charge is 0.326 e. The van der Waals surface area contributed by atoms with Crippen molar-refractivity contribution in [3.05, 3.63) is 125 Å². The van der Waals surface area contributed by atoms with Crippen LogP contribution in [0, 0.1) is 0 Å². The third-order valence-electron chi connectivity index (χ3n) is 7.73. The average Bonchev–Trinajstić information content (AvgIpc) is 3.11. The molecule has 0 saturated heterocycles. The Morgan fingerprint density at radius 2 is 1.44 bits per heavy atom. The summed E-state index contributed by atoms with van der Waals surface area (Å²) in [5, 5.41) is 26.2. The van der Waals surface area contributed by atoms with Crippen LogP contribution >= 0.6 is 0 Å². The summed E-state index contributed by atoms with van der Waals surface area (Å²) in [6.07, 6.45) is 4.75. The van der Waals surface area contributed by atoms with Gasteiger partial charge in [-0.25, -0.2) is 4.79 Å². The lowest BCUT2D eigenvalue weighted by molar-refractivity contribution is -0.139. The molecule has 48 heavy (non-hydrogen) atoms. The first-order chi connectivity index (χ1) is 23.4. The van der Waals surface area contributed by atoms with Gasteiger partial charge in [-0.05, 0) is 78.2 Å². The van der Waals surface area contributed by atoms with Crippen molar-refractivity contribution in [2.45, 2.75) is 64.4 Å². The van der Waals surface area contributed by atoms with Crippen LogP contribution in [0.4, 0.5) is 5.69 Å². The summed E-state index contributed by atoms with van der Waals surface area (Å²) < 4.78 is 17.2. The molecule has 4 rings (SSSR count). The molecule has 4 aromatic carbocycles. The zero-order valence-corrected chi connectivity index (χ0v) is 27.5. The van der Waals surface area contributed by atoms with Gasteiger partial charge < -0.3 is 35.1 Å². The van der Waals surface area contributed by atoms with Crippen molar-refractivity contribution in [3.8, 4) is 11.5 Å². The first-order valence-corrected chi connectivity index (χ1v) is 16.6. The minimum Gasteiger partial charge on any atom is -0.494 e. The number of nitrogens with one attached hydrogen (secondary N) is 2. The average molecular weight is 655 g/mol. The Labute approximate surface area is 282 Å². The van der Waals surface area contributed by atoms with Gasteiger partial charge in [0.1, 0.15) is 17.5 Å². The molecule has 0 heterocycles. The molecule has 0 aliphatic heterocycles. The van der Waals surface area contributed by atoms with E-state index >= 15 is 0 Å². The molecular weight excluding hydrogens is 608 g/mol. The first kappa shape index (κ1) is 36.0. The molecule has 0 aliphatic rings. The number of amides is 1. The van der Waals surface area contributed by atoms with Crippen LogP contribution in [0.25, 0.3) is 0 Å². The van der Waals surface area contributed by atoms with Crippen LogP contribution in [-0.4, -0.2) is 47.9 Å². The van der Waals surface area contributed by atoms with Crippen LogP contribution in [0.1, 0.15) is 72.4 Å². The maximum absolute atomic E-state index is 12.9. The fourth-order valence-electron chi connectivity index (χ4n) is 4.97. The van der Waals surface area contributed by atoms with Gasteiger partial charge in [0, 0.05) is 29.8 Å². The summed E-state index contributed by atoms with van der Waals surface area (Å²) in [6, 6.07) is 29.5. The van der Waals surface area contributed by atoms with Gasteiger partial charge in [-0.1, -0.05) is 75.1 Å². The summed E-state index contributed by atoms with van der Waals surface area (Å²) in [4.78, 5) is 24.8. The lowest BCUT2D eigenvalue weighted by atomic mass is 10.0. The van der Waals surface area contributed by atoms with Crippen LogP contribution in [0.2, 0.25) is 0 Å². The lowest BCUT2D eigenvalue weighted by Crippen LogP contribution is -2.42. The van der Waals surface area contributed by atoms with E-state index in [1.165, 1.54) is 19.3 Å². The molecule has 1 amide bonds. The second-order valence-corrected chi connectivity index (χ2v) is 11.6. The molecule has 0 radical (unpaired) electrons. The Kier molecular flexibility index (Phi) is 14.8. The van der Waals surface area contributed by atoms with Crippen molar-refractivity contribution >= 4 is 17.6 Å². The minimum absolute atomic E-state index is 0.0760. The van der Waals surface area contributed by atoms with E-state index < -0.39 is 24.2 Å². The van der Waals surface area contributed by atoms with E-state index in [2.05, 4.69) is 17.6 Å². The van der Waals surface area contributed by atoms with Crippen LogP contribution in [0.3, 0.4) is 0 Å². The summed E-state index contributed by atoms with van der Waals surface area (Å²) >= 11 is 0. The SMILES string of the molecule is CCCCCCCOc1ccc(C(O)Oc2ccc(CC(NC(=O)c3ccc(NCCOCc4ccccc4)cc3)C(=O)O)cc2)cc1. The van der Waals surface area contributed by atoms with E-state index in [9.17, 15) is 19.8 Å². The van der Waals surface area contributed by atoms with Crippen molar-refractivity contribution < 1.29 is 34.0 Å². The number of aliphatic carboxylic acids is 1. The summed E-state index contributed by atoms with van der Waals surface area (Å²) in [5.41, 5.74) is 3.56. The fraction of sp³-hybridized carbons (Fsp3) is 0.333. The number of aliphatic hydroxyl groups excluding tert-OH is 1. The van der Waals surface area contributed by atoms with Crippen LogP contribution in [0.5, 0.6) is 11.5 Å². The van der Waals surface area contributed by atoms with Crippen LogP contribution in [0.15, 0.2) is 103 Å². The van der Waals surface area contributed by atoms with E-state index in [1.807, 2.05) is 42.5 Å². The Bertz CT molecular complexity index is 1510. The van der Waals surface area contributed by atoms with E-state index in [-0.39, 0.29) is 6.42 Å². The summed E-state index contributed by atoms with van der Waals surface area (Å²) in [5.74, 6) is -0.453. The normalized spacial score (nSPS) is 12.1. The van der Waals surface area contributed by atoms with E-state index in [0.717, 1.165) is 29.8 Å². The van der Waals surface area contributed by atoms with Crippen LogP contribution in [-0.2, 0) is 22.6 Å². The molecule has 9 nitrogen and oxygen atoms in total. The first-order valence-electron chi connectivity index (χ1n) is 16.6. The monoisotopic (exact) mass is 654 g/mol. The molecule has 4 N–H and O–H groups in total. The number of carboxylic acid groups (broad SMARTS) is 1. The van der Waals surface area contributed by atoms with Crippen molar-refractivity contribution in [3.63, 3.8) is 0 Å². The highest BCUT2D eigenvalue weighted by atomic mass is 16.6. The molecule has 0 aromatic heterocycles. The van der Waals surface area contributed by atoms with Gasteiger partial charge in [-0.3, -0.25) is 4.79 Å². The maximum atomic E-state index is 12.9. The fourth-order valence-corrected chi connectivity index (χ4v) is 4.97. The molecule has 2 atom stereocenters. The number of ether oxygens (including phenoxy) is 3. The molecule has 9 heteroatoms. The number of rotatable bonds is 21. The molecule has 2 unspecified atom stereocenters. The number of anilines is 1. The molecule has 0 fully saturated rings. The minimum atomic E-state index is -1.18. The van der Waals surface area contributed by atoms with Crippen LogP contribution < -0.4 is 20.1 Å². The Balaban J connectivity index is 1.19. The van der Waals surface area contributed by atoms with E-state index in [0.29, 0.717) is 48.8 Å². The Morgan fingerprint density at radius 1 is 0.750 bits per heavy atom. The third-order valence-corrected chi connectivity index (χ3v) is 7.73. The molecule has 0 saturated carbocycles. The van der Waals surface area contributed by atoms with Gasteiger partial charge >= 0.3 is 5.97 Å². The molecule has 0 aliphatic carbocycles. The third kappa shape index (κ3) is 12.4. The van der Waals surface area contributed by atoms with Gasteiger partial charge in [-0.2, -0.15) is 0 Å². The van der Waals surface area contributed by atoms with Crippen molar-refractivity contribution in [1.82, 2.24) is 5.32 Å². The Hall–Kier alpha value is -4.86. The second-order valence-electron chi connectivity index (χ2n) is 11.6. The molecule has 254 valence electrons. The van der Waals surface area contributed by atoms with Gasteiger partial charge in [0.05, 0.1) is 19.8 Å². The highest BCUT2D eigenvalue weighted by Crippen LogP contribution is 2.23. The lowest BCUT2D eigenvalue weighted by Gasteiger charge is -2.17. The van der Waals surface area contributed by atoms with Gasteiger partial charge in [0.15, 0.2) is 0 Å². The number of unbranched alkanes of at least 4 members (excludes halogenated alkanes) is 4. The second kappa shape index (κ2) is 19.7. The van der Waals surface area contributed by atoms with Gasteiger partial charge in [0.2, 0.25) is 6.29 Å². The van der Waals surface area contributed by atoms with Gasteiger partial charge in [0.25, 0.3) is 5.91 Å². The zero-order valence-electron chi connectivity index (χ0n) is 27.5. The van der Waals surface area contributed by atoms with E-state index in [4.69, 9.17) is 14.2 Å². The van der Waals surface area contributed by atoms with E-state index in [1.54, 1.807) is 60.7 Å². The predicted molar refractivity (Wildman–Crippen MR) is 186 cm³/mol. The number of hydrogen-bond donors (Lipinski definition) is 4. The highest BCUT2D eigenvalue weighted by molar-refractivity contribution is 5.96. The molecule has 0 spiro atoms. The summed E-state index contributed by atoms with van der Waals surface area (Å²) in [7, 11) is 0. The zero-order chi connectivity index (χ0) is 34.0. The summed E-state index contributed by atoms with van der Waals surface area (Å²) in [6.45, 7) is 4.52. The number of aliphatic hydroxyl groups is 1. The number of hydrogen-bond acceptors (Lipinski definition) is 7. The molecule has 0 bridgehead atoms. The largest absolute Gasteiger partial charge is 0.494 e. The van der Waals surface area contributed by atoms with Crippen molar-refractivity contribution in [2.75, 3.05) is 25.1 Å². The number of carboxylic acids is 1. The van der Waals surface area contributed by atoms with Gasteiger partial charge in [-0.15, -0.1) is 0 Å². The Morgan fingerprint density at radius 3 is 2.12 bits per heavy atom.